The summed E-state index contributed by atoms with van der Waals surface area (Å²) in [4.78, 5) is 14.2. The summed E-state index contributed by atoms with van der Waals surface area (Å²) < 4.78 is 4.32. The quantitative estimate of drug-likeness (QED) is 0.524. The molecule has 1 aliphatic rings. The Labute approximate surface area is 181 Å². The lowest BCUT2D eigenvalue weighted by Crippen LogP contribution is -2.33. The molecule has 2 aromatic carbocycles. The third-order valence-corrected chi connectivity index (χ3v) is 6.35. The number of aliphatic hydroxyl groups is 1. The second kappa shape index (κ2) is 10.7. The standard InChI is InChI=1S/C23H24ClNO3S/c1-28-16-6-5-9-21-25(23(27)22(24)29-21)19-13-11-18(12-14-19)20(26)15-10-17-7-3-2-4-8-17/h2-4,7-8,11-14,20-22,26H,9-10,15-16H2,1H3. The Morgan fingerprint density at radius 1 is 1.17 bits per heavy atom. The number of hydrogen-bond donors (Lipinski definition) is 1. The van der Waals surface area contributed by atoms with E-state index in [4.69, 9.17) is 16.3 Å². The van der Waals surface area contributed by atoms with Crippen molar-refractivity contribution in [1.29, 1.82) is 0 Å². The Bertz CT molecular complexity index is 863. The lowest BCUT2D eigenvalue weighted by molar-refractivity contribution is -0.116. The highest BCUT2D eigenvalue weighted by atomic mass is 35.5. The molecule has 1 aliphatic heterocycles. The molecule has 2 aromatic rings. The Morgan fingerprint density at radius 3 is 2.59 bits per heavy atom. The normalized spacial score (nSPS) is 19.7. The molecular formula is C23H24ClNO3S. The molecule has 1 saturated heterocycles. The van der Waals surface area contributed by atoms with Crippen molar-refractivity contribution in [2.75, 3.05) is 18.6 Å². The third kappa shape index (κ3) is 5.77. The fraction of sp³-hybridized carbons (Fsp3) is 0.348. The van der Waals surface area contributed by atoms with Crippen molar-refractivity contribution in [3.05, 3.63) is 65.7 Å². The maximum atomic E-state index is 12.5. The highest BCUT2D eigenvalue weighted by Gasteiger charge is 2.39. The van der Waals surface area contributed by atoms with E-state index >= 15 is 0 Å². The van der Waals surface area contributed by atoms with Crippen LogP contribution < -0.4 is 4.90 Å². The van der Waals surface area contributed by atoms with Gasteiger partial charge in [-0.3, -0.25) is 9.69 Å². The van der Waals surface area contributed by atoms with Gasteiger partial charge in [-0.25, -0.2) is 0 Å². The molecule has 1 amide bonds. The van der Waals surface area contributed by atoms with Crippen LogP contribution in [0, 0.1) is 11.8 Å². The number of aliphatic hydroxyl groups excluding tert-OH is 1. The summed E-state index contributed by atoms with van der Waals surface area (Å²) in [7, 11) is 1.60. The summed E-state index contributed by atoms with van der Waals surface area (Å²) >= 11 is 7.58. The number of anilines is 1. The van der Waals surface area contributed by atoms with Gasteiger partial charge in [-0.15, -0.1) is 23.4 Å². The first kappa shape index (κ1) is 21.7. The van der Waals surface area contributed by atoms with Crippen molar-refractivity contribution < 1.29 is 14.6 Å². The van der Waals surface area contributed by atoms with Crippen molar-refractivity contribution in [3.63, 3.8) is 0 Å². The van der Waals surface area contributed by atoms with Crippen molar-refractivity contribution >= 4 is 35.0 Å². The zero-order chi connectivity index (χ0) is 20.6. The topological polar surface area (TPSA) is 49.8 Å². The number of methoxy groups -OCH3 is 1. The molecule has 1 heterocycles. The number of carbonyl (C=O) groups excluding carboxylic acids is 1. The molecule has 1 fully saturated rings. The number of ether oxygens (including phenoxy) is 1. The summed E-state index contributed by atoms with van der Waals surface area (Å²) in [6.45, 7) is 0.366. The smallest absolute Gasteiger partial charge is 0.256 e. The number of nitrogens with zero attached hydrogens (tertiary/aromatic N) is 1. The molecule has 3 rings (SSSR count). The minimum Gasteiger partial charge on any atom is -0.388 e. The van der Waals surface area contributed by atoms with E-state index in [2.05, 4.69) is 24.0 Å². The van der Waals surface area contributed by atoms with E-state index in [0.717, 1.165) is 17.7 Å². The van der Waals surface area contributed by atoms with Gasteiger partial charge < -0.3 is 9.84 Å². The monoisotopic (exact) mass is 429 g/mol. The maximum absolute atomic E-state index is 12.5. The molecule has 29 heavy (non-hydrogen) atoms. The average Bonchev–Trinajstić information content (AvgIpc) is 3.04. The second-order valence-corrected chi connectivity index (χ2v) is 8.72. The highest BCUT2D eigenvalue weighted by molar-refractivity contribution is 8.03. The highest BCUT2D eigenvalue weighted by Crippen LogP contribution is 2.39. The molecule has 4 nitrogen and oxygen atoms in total. The Morgan fingerprint density at radius 2 is 1.90 bits per heavy atom. The van der Waals surface area contributed by atoms with Crippen molar-refractivity contribution in [2.24, 2.45) is 0 Å². The van der Waals surface area contributed by atoms with E-state index in [1.165, 1.54) is 17.3 Å². The number of alkyl halides is 1. The van der Waals surface area contributed by atoms with Crippen LogP contribution in [0.15, 0.2) is 54.6 Å². The van der Waals surface area contributed by atoms with Gasteiger partial charge in [0, 0.05) is 19.2 Å². The molecule has 0 bridgehead atoms. The summed E-state index contributed by atoms with van der Waals surface area (Å²) in [5.41, 5.74) is 2.81. The van der Waals surface area contributed by atoms with Crippen LogP contribution in [0.3, 0.4) is 0 Å². The number of hydrogen-bond acceptors (Lipinski definition) is 4. The minimum absolute atomic E-state index is 0.132. The van der Waals surface area contributed by atoms with E-state index < -0.39 is 10.8 Å². The number of halogens is 1. The zero-order valence-corrected chi connectivity index (χ0v) is 17.8. The molecule has 0 radical (unpaired) electrons. The average molecular weight is 430 g/mol. The van der Waals surface area contributed by atoms with Crippen molar-refractivity contribution in [3.8, 4) is 11.8 Å². The molecule has 0 aliphatic carbocycles. The van der Waals surface area contributed by atoms with Crippen LogP contribution >= 0.6 is 23.4 Å². The largest absolute Gasteiger partial charge is 0.388 e. The van der Waals surface area contributed by atoms with Crippen LogP contribution in [-0.2, 0) is 16.0 Å². The Balaban J connectivity index is 1.65. The lowest BCUT2D eigenvalue weighted by Gasteiger charge is -2.23. The van der Waals surface area contributed by atoms with E-state index in [0.29, 0.717) is 19.4 Å². The molecule has 1 N–H and O–H groups in total. The minimum atomic E-state index is -0.611. The predicted octanol–water partition coefficient (Wildman–Crippen LogP) is 4.36. The molecule has 3 unspecified atom stereocenters. The van der Waals surface area contributed by atoms with Gasteiger partial charge in [0.15, 0.2) is 4.71 Å². The van der Waals surface area contributed by atoms with Crippen molar-refractivity contribution in [2.45, 2.75) is 35.4 Å². The fourth-order valence-electron chi connectivity index (χ4n) is 3.20. The molecule has 152 valence electrons. The molecule has 3 atom stereocenters. The Hall–Kier alpha value is -1.97. The van der Waals surface area contributed by atoms with Gasteiger partial charge >= 0.3 is 0 Å². The molecular weight excluding hydrogens is 406 g/mol. The van der Waals surface area contributed by atoms with E-state index in [-0.39, 0.29) is 11.3 Å². The van der Waals surface area contributed by atoms with Gasteiger partial charge in [-0.1, -0.05) is 54.3 Å². The van der Waals surface area contributed by atoms with Crippen molar-refractivity contribution in [1.82, 2.24) is 0 Å². The molecule has 0 saturated carbocycles. The maximum Gasteiger partial charge on any atom is 0.256 e. The second-order valence-electron chi connectivity index (χ2n) is 6.74. The van der Waals surface area contributed by atoms with Crippen LogP contribution in [0.4, 0.5) is 5.69 Å². The zero-order valence-electron chi connectivity index (χ0n) is 16.3. The number of benzene rings is 2. The number of rotatable bonds is 7. The number of thioether (sulfide) groups is 1. The molecule has 0 aromatic heterocycles. The summed E-state index contributed by atoms with van der Waals surface area (Å²) in [6, 6.07) is 17.6. The van der Waals surface area contributed by atoms with Crippen LogP contribution in [0.1, 0.15) is 30.1 Å². The SMILES string of the molecule is COCC#CCC1SC(Cl)C(=O)N1c1ccc(C(O)CCc2ccccc2)cc1. The van der Waals surface area contributed by atoms with Crippen LogP contribution in [0.5, 0.6) is 0 Å². The fourth-order valence-corrected chi connectivity index (χ4v) is 4.69. The number of carbonyl (C=O) groups is 1. The Kier molecular flexibility index (Phi) is 8.02. The van der Waals surface area contributed by atoms with Gasteiger partial charge in [0.25, 0.3) is 5.91 Å². The summed E-state index contributed by atoms with van der Waals surface area (Å²) in [5, 5.41) is 10.4. The van der Waals surface area contributed by atoms with E-state index in [1.54, 1.807) is 12.0 Å². The van der Waals surface area contributed by atoms with Crippen LogP contribution in [0.2, 0.25) is 0 Å². The molecule has 0 spiro atoms. The number of aryl methyl sites for hydroxylation is 1. The third-order valence-electron chi connectivity index (χ3n) is 4.72. The van der Waals surface area contributed by atoms with Crippen LogP contribution in [-0.4, -0.2) is 34.8 Å². The van der Waals surface area contributed by atoms with Gasteiger partial charge in [0.1, 0.15) is 6.61 Å². The van der Waals surface area contributed by atoms with Gasteiger partial charge in [-0.2, -0.15) is 0 Å². The summed E-state index contributed by atoms with van der Waals surface area (Å²) in [6.07, 6.45) is 1.42. The first-order valence-corrected chi connectivity index (χ1v) is 10.9. The van der Waals surface area contributed by atoms with E-state index in [1.807, 2.05) is 42.5 Å². The van der Waals surface area contributed by atoms with E-state index in [9.17, 15) is 9.90 Å². The van der Waals surface area contributed by atoms with Crippen LogP contribution in [0.25, 0.3) is 0 Å². The first-order chi connectivity index (χ1) is 14.1. The van der Waals surface area contributed by atoms with Gasteiger partial charge in [-0.05, 0) is 36.1 Å². The predicted molar refractivity (Wildman–Crippen MR) is 119 cm³/mol. The van der Waals surface area contributed by atoms with Gasteiger partial charge in [0.05, 0.1) is 11.5 Å². The number of amides is 1. The molecule has 6 heteroatoms. The summed E-state index contributed by atoms with van der Waals surface area (Å²) in [5.74, 6) is 5.83. The lowest BCUT2D eigenvalue weighted by atomic mass is 10.0. The first-order valence-electron chi connectivity index (χ1n) is 9.49. The van der Waals surface area contributed by atoms with Gasteiger partial charge in [0.2, 0.25) is 0 Å².